The molecule has 0 heterocycles. The summed E-state index contributed by atoms with van der Waals surface area (Å²) in [5.41, 5.74) is 2.76. The first-order valence-electron chi connectivity index (χ1n) is 6.95. The molecule has 6 heteroatoms. The van der Waals surface area contributed by atoms with E-state index < -0.39 is 0 Å². The van der Waals surface area contributed by atoms with E-state index in [0.29, 0.717) is 22.2 Å². The van der Waals surface area contributed by atoms with E-state index in [-0.39, 0.29) is 5.91 Å². The normalized spacial score (nSPS) is 10.4. The highest BCUT2D eigenvalue weighted by Crippen LogP contribution is 2.32. The zero-order chi connectivity index (χ0) is 16.8. The van der Waals surface area contributed by atoms with Crippen molar-refractivity contribution in [3.05, 3.63) is 57.0 Å². The molecule has 0 atom stereocenters. The molecular formula is C17H17BrClNO2S. The summed E-state index contributed by atoms with van der Waals surface area (Å²) in [5, 5.41) is 3.63. The number of methoxy groups -OCH3 is 1. The quantitative estimate of drug-likeness (QED) is 0.698. The molecule has 0 spiro atoms. The van der Waals surface area contributed by atoms with Crippen LogP contribution in [0.3, 0.4) is 0 Å². The molecular weight excluding hydrogens is 398 g/mol. The van der Waals surface area contributed by atoms with Crippen molar-refractivity contribution in [2.75, 3.05) is 18.2 Å². The molecule has 0 saturated carbocycles. The number of anilines is 1. The Morgan fingerprint density at radius 3 is 2.83 bits per heavy atom. The summed E-state index contributed by atoms with van der Waals surface area (Å²) in [7, 11) is 1.59. The van der Waals surface area contributed by atoms with Crippen molar-refractivity contribution in [2.45, 2.75) is 12.7 Å². The number of halogens is 2. The molecule has 2 rings (SSSR count). The predicted octanol–water partition coefficient (Wildman–Crippen LogP) is 5.29. The van der Waals surface area contributed by atoms with E-state index in [4.69, 9.17) is 16.3 Å². The van der Waals surface area contributed by atoms with Crippen LogP contribution in [0.5, 0.6) is 5.75 Å². The molecule has 23 heavy (non-hydrogen) atoms. The van der Waals surface area contributed by atoms with Crippen LogP contribution in [0.1, 0.15) is 11.1 Å². The Balaban J connectivity index is 1.93. The first-order valence-corrected chi connectivity index (χ1v) is 9.28. The second-order valence-corrected chi connectivity index (χ2v) is 7.31. The van der Waals surface area contributed by atoms with Gasteiger partial charge in [0.1, 0.15) is 5.75 Å². The molecule has 2 aromatic rings. The van der Waals surface area contributed by atoms with Gasteiger partial charge in [-0.2, -0.15) is 0 Å². The number of amides is 1. The second-order valence-electron chi connectivity index (χ2n) is 4.97. The third kappa shape index (κ3) is 5.44. The monoisotopic (exact) mass is 413 g/mol. The summed E-state index contributed by atoms with van der Waals surface area (Å²) in [6, 6.07) is 11.4. The standard InChI is InChI=1S/C17H17BrClNO2S/c1-11-6-13(18)8-15(22-2)17(11)20-16(21)10-23-9-12-4-3-5-14(19)7-12/h3-8H,9-10H2,1-2H3,(H,20,21). The second kappa shape index (κ2) is 8.62. The van der Waals surface area contributed by atoms with Crippen LogP contribution in [0.4, 0.5) is 5.69 Å². The number of carbonyl (C=O) groups excluding carboxylic acids is 1. The zero-order valence-electron chi connectivity index (χ0n) is 12.9. The van der Waals surface area contributed by atoms with Crippen molar-refractivity contribution in [2.24, 2.45) is 0 Å². The number of thioether (sulfide) groups is 1. The van der Waals surface area contributed by atoms with E-state index in [0.717, 1.165) is 21.4 Å². The van der Waals surface area contributed by atoms with Gasteiger partial charge >= 0.3 is 0 Å². The first kappa shape index (κ1) is 18.2. The number of carbonyl (C=O) groups is 1. The summed E-state index contributed by atoms with van der Waals surface area (Å²) in [5.74, 6) is 1.70. The number of ether oxygens (including phenoxy) is 1. The Bertz CT molecular complexity index is 709. The molecule has 0 aromatic heterocycles. The fourth-order valence-electron chi connectivity index (χ4n) is 2.10. The van der Waals surface area contributed by atoms with E-state index in [1.165, 1.54) is 0 Å². The van der Waals surface area contributed by atoms with Crippen molar-refractivity contribution < 1.29 is 9.53 Å². The molecule has 0 aliphatic rings. The number of benzene rings is 2. The maximum Gasteiger partial charge on any atom is 0.234 e. The van der Waals surface area contributed by atoms with Crippen LogP contribution in [-0.4, -0.2) is 18.8 Å². The Hall–Kier alpha value is -1.17. The fraction of sp³-hybridized carbons (Fsp3) is 0.235. The minimum atomic E-state index is -0.0549. The van der Waals surface area contributed by atoms with Crippen molar-refractivity contribution in [1.82, 2.24) is 0 Å². The SMILES string of the molecule is COc1cc(Br)cc(C)c1NC(=O)CSCc1cccc(Cl)c1. The van der Waals surface area contributed by atoms with Crippen LogP contribution in [0, 0.1) is 6.92 Å². The molecule has 0 radical (unpaired) electrons. The van der Waals surface area contributed by atoms with Crippen molar-refractivity contribution in [3.8, 4) is 5.75 Å². The molecule has 1 amide bonds. The lowest BCUT2D eigenvalue weighted by Gasteiger charge is -2.13. The van der Waals surface area contributed by atoms with Crippen LogP contribution in [0.15, 0.2) is 40.9 Å². The van der Waals surface area contributed by atoms with Gasteiger partial charge in [0.2, 0.25) is 5.91 Å². The highest BCUT2D eigenvalue weighted by Gasteiger charge is 2.11. The van der Waals surface area contributed by atoms with Gasteiger partial charge in [0.05, 0.1) is 18.6 Å². The molecule has 0 aliphatic heterocycles. The number of hydrogen-bond donors (Lipinski definition) is 1. The number of hydrogen-bond acceptors (Lipinski definition) is 3. The van der Waals surface area contributed by atoms with Crippen LogP contribution < -0.4 is 10.1 Å². The molecule has 0 saturated heterocycles. The van der Waals surface area contributed by atoms with E-state index in [9.17, 15) is 4.79 Å². The molecule has 3 nitrogen and oxygen atoms in total. The van der Waals surface area contributed by atoms with Crippen molar-refractivity contribution in [3.63, 3.8) is 0 Å². The van der Waals surface area contributed by atoms with Gasteiger partial charge < -0.3 is 10.1 Å². The highest BCUT2D eigenvalue weighted by atomic mass is 79.9. The van der Waals surface area contributed by atoms with Gasteiger partial charge in [-0.1, -0.05) is 39.7 Å². The van der Waals surface area contributed by atoms with Gasteiger partial charge in [0.15, 0.2) is 0 Å². The van der Waals surface area contributed by atoms with Crippen LogP contribution >= 0.6 is 39.3 Å². The number of rotatable bonds is 6. The Kier molecular flexibility index (Phi) is 6.81. The molecule has 0 fully saturated rings. The lowest BCUT2D eigenvalue weighted by Crippen LogP contribution is -2.15. The number of aryl methyl sites for hydroxylation is 1. The Morgan fingerprint density at radius 2 is 2.13 bits per heavy atom. The molecule has 0 unspecified atom stereocenters. The highest BCUT2D eigenvalue weighted by molar-refractivity contribution is 9.10. The fourth-order valence-corrected chi connectivity index (χ4v) is 3.64. The van der Waals surface area contributed by atoms with Gasteiger partial charge in [0, 0.05) is 15.2 Å². The van der Waals surface area contributed by atoms with Crippen LogP contribution in [0.2, 0.25) is 5.02 Å². The molecule has 0 aliphatic carbocycles. The summed E-state index contributed by atoms with van der Waals surface area (Å²) < 4.78 is 6.25. The molecule has 122 valence electrons. The minimum Gasteiger partial charge on any atom is -0.495 e. The smallest absolute Gasteiger partial charge is 0.234 e. The largest absolute Gasteiger partial charge is 0.495 e. The van der Waals surface area contributed by atoms with Gasteiger partial charge in [-0.15, -0.1) is 11.8 Å². The van der Waals surface area contributed by atoms with Gasteiger partial charge in [0.25, 0.3) is 0 Å². The van der Waals surface area contributed by atoms with Gasteiger partial charge in [-0.05, 0) is 42.3 Å². The maximum atomic E-state index is 12.1. The average molecular weight is 415 g/mol. The van der Waals surface area contributed by atoms with E-state index in [2.05, 4.69) is 21.2 Å². The molecule has 2 aromatic carbocycles. The van der Waals surface area contributed by atoms with Crippen LogP contribution in [-0.2, 0) is 10.5 Å². The summed E-state index contributed by atoms with van der Waals surface area (Å²) in [6.45, 7) is 1.93. The third-order valence-electron chi connectivity index (χ3n) is 3.14. The van der Waals surface area contributed by atoms with Gasteiger partial charge in [-0.3, -0.25) is 4.79 Å². The summed E-state index contributed by atoms with van der Waals surface area (Å²) in [4.78, 5) is 12.1. The van der Waals surface area contributed by atoms with Crippen molar-refractivity contribution >= 4 is 50.9 Å². The first-order chi connectivity index (χ1) is 11.0. The lowest BCUT2D eigenvalue weighted by molar-refractivity contribution is -0.113. The van der Waals surface area contributed by atoms with Crippen LogP contribution in [0.25, 0.3) is 0 Å². The minimum absolute atomic E-state index is 0.0549. The van der Waals surface area contributed by atoms with E-state index in [1.807, 2.05) is 43.3 Å². The number of nitrogens with one attached hydrogen (secondary N) is 1. The topological polar surface area (TPSA) is 38.3 Å². The lowest BCUT2D eigenvalue weighted by atomic mass is 10.2. The average Bonchev–Trinajstić information content (AvgIpc) is 2.49. The molecule has 1 N–H and O–H groups in total. The van der Waals surface area contributed by atoms with Crippen molar-refractivity contribution in [1.29, 1.82) is 0 Å². The Labute approximate surface area is 153 Å². The predicted molar refractivity (Wildman–Crippen MR) is 102 cm³/mol. The van der Waals surface area contributed by atoms with E-state index in [1.54, 1.807) is 18.9 Å². The van der Waals surface area contributed by atoms with E-state index >= 15 is 0 Å². The maximum absolute atomic E-state index is 12.1. The third-order valence-corrected chi connectivity index (χ3v) is 4.84. The zero-order valence-corrected chi connectivity index (χ0v) is 16.0. The Morgan fingerprint density at radius 1 is 1.35 bits per heavy atom. The summed E-state index contributed by atoms with van der Waals surface area (Å²) in [6.07, 6.45) is 0. The summed E-state index contributed by atoms with van der Waals surface area (Å²) >= 11 is 10.9. The van der Waals surface area contributed by atoms with Gasteiger partial charge in [-0.25, -0.2) is 0 Å². The molecule has 0 bridgehead atoms.